The Labute approximate surface area is 186 Å². The second-order valence-electron chi connectivity index (χ2n) is 10.3. The van der Waals surface area contributed by atoms with Gasteiger partial charge in [-0.15, -0.1) is 0 Å². The molecule has 0 amide bonds. The summed E-state index contributed by atoms with van der Waals surface area (Å²) in [5, 5.41) is 42.7. The Kier molecular flexibility index (Phi) is 5.03. The minimum atomic E-state index is -1.71. The summed E-state index contributed by atoms with van der Waals surface area (Å²) in [6, 6.07) is 0. The Hall–Kier alpha value is -2.16. The first-order valence-corrected chi connectivity index (χ1v) is 11.6. The highest BCUT2D eigenvalue weighted by Crippen LogP contribution is 2.52. The van der Waals surface area contributed by atoms with Crippen LogP contribution in [0.25, 0.3) is 0 Å². The monoisotopic (exact) mass is 445 g/mol. The van der Waals surface area contributed by atoms with Gasteiger partial charge in [0.05, 0.1) is 12.3 Å². The highest BCUT2D eigenvalue weighted by atomic mass is 16.6. The van der Waals surface area contributed by atoms with Gasteiger partial charge in [0.2, 0.25) is 0 Å². The Morgan fingerprint density at radius 2 is 1.97 bits per heavy atom. The largest absolute Gasteiger partial charge is 0.507 e. The summed E-state index contributed by atoms with van der Waals surface area (Å²) in [5.74, 6) is -0.812. The zero-order valence-electron chi connectivity index (χ0n) is 18.3. The van der Waals surface area contributed by atoms with Crippen molar-refractivity contribution in [2.75, 3.05) is 0 Å². The molecule has 3 aliphatic carbocycles. The summed E-state index contributed by atoms with van der Waals surface area (Å²) >= 11 is 0. The van der Waals surface area contributed by atoms with Gasteiger partial charge in [0, 0.05) is 11.5 Å². The average molecular weight is 446 g/mol. The van der Waals surface area contributed by atoms with Gasteiger partial charge in [0.1, 0.15) is 29.1 Å². The van der Waals surface area contributed by atoms with Crippen LogP contribution >= 0.6 is 0 Å². The van der Waals surface area contributed by atoms with Crippen molar-refractivity contribution in [2.45, 2.75) is 69.9 Å². The van der Waals surface area contributed by atoms with Gasteiger partial charge in [-0.2, -0.15) is 4.73 Å². The summed E-state index contributed by atoms with van der Waals surface area (Å²) < 4.78 is 5.70. The molecule has 2 heterocycles. The number of aliphatic hydroxyl groups is 2. The number of allylic oxidation sites excluding steroid dienone is 2. The van der Waals surface area contributed by atoms with Crippen LogP contribution in [-0.2, 0) is 10.3 Å². The van der Waals surface area contributed by atoms with Crippen molar-refractivity contribution in [1.29, 1.82) is 0 Å². The van der Waals surface area contributed by atoms with Crippen LogP contribution < -0.4 is 5.56 Å². The molecule has 0 unspecified atom stereocenters. The zero-order chi connectivity index (χ0) is 22.9. The lowest BCUT2D eigenvalue weighted by molar-refractivity contribution is -0.0246. The number of hydrogen-bond donors (Lipinski definition) is 4. The predicted octanol–water partition coefficient (Wildman–Crippen LogP) is 1.96. The third kappa shape index (κ3) is 3.15. The highest BCUT2D eigenvalue weighted by molar-refractivity contribution is 6.01. The lowest BCUT2D eigenvalue weighted by Gasteiger charge is -2.42. The summed E-state index contributed by atoms with van der Waals surface area (Å²) in [5.41, 5.74) is -3.30. The van der Waals surface area contributed by atoms with Crippen LogP contribution in [0.4, 0.5) is 0 Å². The first-order valence-electron chi connectivity index (χ1n) is 11.6. The van der Waals surface area contributed by atoms with Gasteiger partial charge in [-0.25, -0.2) is 0 Å². The Balaban J connectivity index is 1.56. The molecule has 4 N–H and O–H groups in total. The highest BCUT2D eigenvalue weighted by Gasteiger charge is 2.62. The summed E-state index contributed by atoms with van der Waals surface area (Å²) in [6.07, 6.45) is 6.25. The van der Waals surface area contributed by atoms with Crippen LogP contribution in [0.3, 0.4) is 0 Å². The quantitative estimate of drug-likeness (QED) is 0.242. The van der Waals surface area contributed by atoms with E-state index in [4.69, 9.17) is 4.74 Å². The maximum Gasteiger partial charge on any atom is 0.297 e. The Bertz CT molecular complexity index is 1030. The molecule has 5 rings (SSSR count). The van der Waals surface area contributed by atoms with Crippen LogP contribution in [0.5, 0.6) is 5.75 Å². The first kappa shape index (κ1) is 21.7. The number of nitrogens with zero attached hydrogens (tertiary/aromatic N) is 1. The standard InChI is InChI=1S/C24H31NO7/c1-11-3-6-14-13(9-11)5-4-12(2)17(14)20(28)18-19(27)15(10-25(31)23(18)29)24(30)8-7-16(26)21-22(24)32-21/h4-5,10-14,16-17,21-22,26-27,30-31H,3,6-9H2,1-2H3/t11-,12-,13-,14-,16-,17-,21-,22-,24+/m0/s1. The normalized spacial score (nSPS) is 42.8. The van der Waals surface area contributed by atoms with Gasteiger partial charge in [0.25, 0.3) is 5.56 Å². The minimum Gasteiger partial charge on any atom is -0.507 e. The van der Waals surface area contributed by atoms with Crippen molar-refractivity contribution in [3.63, 3.8) is 0 Å². The fourth-order valence-electron chi connectivity index (χ4n) is 6.44. The number of hydrogen-bond acceptors (Lipinski definition) is 7. The number of pyridine rings is 1. The second-order valence-corrected chi connectivity index (χ2v) is 10.3. The van der Waals surface area contributed by atoms with Gasteiger partial charge in [-0.05, 0) is 49.4 Å². The van der Waals surface area contributed by atoms with E-state index in [1.807, 2.05) is 13.0 Å². The second kappa shape index (κ2) is 7.43. The van der Waals surface area contributed by atoms with Crippen molar-refractivity contribution >= 4 is 5.78 Å². The molecule has 4 aliphatic rings. The molecule has 8 heteroatoms. The number of epoxide rings is 1. The van der Waals surface area contributed by atoms with Crippen LogP contribution in [0.1, 0.15) is 61.9 Å². The molecule has 1 saturated heterocycles. The fourth-order valence-corrected chi connectivity index (χ4v) is 6.44. The molecule has 32 heavy (non-hydrogen) atoms. The summed E-state index contributed by atoms with van der Waals surface area (Å²) in [6.45, 7) is 4.14. The summed E-state index contributed by atoms with van der Waals surface area (Å²) in [7, 11) is 0. The number of aliphatic hydroxyl groups excluding tert-OH is 1. The number of aromatic nitrogens is 1. The molecule has 8 nitrogen and oxygen atoms in total. The molecule has 2 saturated carbocycles. The van der Waals surface area contributed by atoms with E-state index in [1.165, 1.54) is 0 Å². The van der Waals surface area contributed by atoms with Crippen molar-refractivity contribution in [1.82, 2.24) is 4.73 Å². The number of fused-ring (bicyclic) bond motifs is 2. The van der Waals surface area contributed by atoms with Crippen LogP contribution in [0.15, 0.2) is 23.1 Å². The van der Waals surface area contributed by atoms with Crippen molar-refractivity contribution in [3.05, 3.63) is 39.8 Å². The number of rotatable bonds is 3. The molecule has 0 spiro atoms. The minimum absolute atomic E-state index is 0.0670. The lowest BCUT2D eigenvalue weighted by Crippen LogP contribution is -2.44. The van der Waals surface area contributed by atoms with Gasteiger partial charge in [-0.1, -0.05) is 32.4 Å². The number of Topliss-reactive ketones (excluding diaryl/α,β-unsaturated/α-hetero) is 1. The van der Waals surface area contributed by atoms with E-state index in [2.05, 4.69) is 13.0 Å². The van der Waals surface area contributed by atoms with Gasteiger partial charge in [0.15, 0.2) is 5.78 Å². The van der Waals surface area contributed by atoms with Gasteiger partial charge < -0.3 is 25.3 Å². The van der Waals surface area contributed by atoms with E-state index < -0.39 is 52.5 Å². The number of carbonyl (C=O) groups is 1. The van der Waals surface area contributed by atoms with Crippen LogP contribution in [0, 0.1) is 29.6 Å². The number of carbonyl (C=O) groups excluding carboxylic acids is 1. The molecular formula is C24H31NO7. The molecule has 0 aromatic carbocycles. The maximum atomic E-state index is 13.8. The summed E-state index contributed by atoms with van der Waals surface area (Å²) in [4.78, 5) is 26.6. The van der Waals surface area contributed by atoms with Crippen LogP contribution in [-0.4, -0.2) is 49.4 Å². The number of aromatic hydroxyl groups is 1. The average Bonchev–Trinajstić information content (AvgIpc) is 3.56. The number of ketones is 1. The fraction of sp³-hybridized carbons (Fsp3) is 0.667. The molecule has 0 radical (unpaired) electrons. The molecular weight excluding hydrogens is 414 g/mol. The topological polar surface area (TPSA) is 133 Å². The van der Waals surface area contributed by atoms with Crippen LogP contribution in [0.2, 0.25) is 0 Å². The third-order valence-electron chi connectivity index (χ3n) is 8.28. The first-order chi connectivity index (χ1) is 15.1. The van der Waals surface area contributed by atoms with E-state index in [-0.39, 0.29) is 40.9 Å². The smallest absolute Gasteiger partial charge is 0.297 e. The predicted molar refractivity (Wildman–Crippen MR) is 113 cm³/mol. The Morgan fingerprint density at radius 3 is 2.72 bits per heavy atom. The lowest BCUT2D eigenvalue weighted by atomic mass is 9.61. The SMILES string of the molecule is C[C@H]1CC[C@@H]2[C@@H](C(=O)c3c(O)c([C@]4(O)CC[C@H](O)[C@@H]5O[C@@H]54)cn(O)c3=O)[C@@H](C)C=C[C@H]2C1. The molecule has 1 aliphatic heterocycles. The third-order valence-corrected chi connectivity index (χ3v) is 8.28. The molecule has 174 valence electrons. The van der Waals surface area contributed by atoms with Crippen molar-refractivity contribution in [2.24, 2.45) is 29.6 Å². The van der Waals surface area contributed by atoms with E-state index in [9.17, 15) is 30.1 Å². The zero-order valence-corrected chi connectivity index (χ0v) is 18.3. The maximum absolute atomic E-state index is 13.8. The van der Waals surface area contributed by atoms with E-state index in [1.54, 1.807) is 0 Å². The van der Waals surface area contributed by atoms with E-state index in [0.717, 1.165) is 25.5 Å². The molecule has 0 bridgehead atoms. The Morgan fingerprint density at radius 1 is 1.22 bits per heavy atom. The number of ether oxygens (including phenoxy) is 1. The van der Waals surface area contributed by atoms with Gasteiger partial charge in [-0.3, -0.25) is 9.59 Å². The van der Waals surface area contributed by atoms with E-state index in [0.29, 0.717) is 5.92 Å². The van der Waals surface area contributed by atoms with E-state index >= 15 is 0 Å². The molecule has 9 atom stereocenters. The molecule has 3 fully saturated rings. The van der Waals surface area contributed by atoms with Crippen molar-refractivity contribution < 1.29 is 30.1 Å². The molecule has 1 aromatic rings. The molecule has 1 aromatic heterocycles. The van der Waals surface area contributed by atoms with Gasteiger partial charge >= 0.3 is 0 Å². The van der Waals surface area contributed by atoms with Crippen molar-refractivity contribution in [3.8, 4) is 5.75 Å².